The molecular weight excluding hydrogens is 222 g/mol. The Morgan fingerprint density at radius 2 is 2.12 bits per heavy atom. The third-order valence-electron chi connectivity index (χ3n) is 1.83. The zero-order valence-electron chi connectivity index (χ0n) is 10.5. The number of hydrogen-bond acceptors (Lipinski definition) is 4. The molecule has 0 atom stereocenters. The lowest BCUT2D eigenvalue weighted by molar-refractivity contribution is 0.00625. The van der Waals surface area contributed by atoms with Gasteiger partial charge >= 0.3 is 5.97 Å². The van der Waals surface area contributed by atoms with Crippen LogP contribution < -0.4 is 0 Å². The van der Waals surface area contributed by atoms with Crippen LogP contribution in [0.25, 0.3) is 0 Å². The van der Waals surface area contributed by atoms with Crippen molar-refractivity contribution in [2.24, 2.45) is 5.92 Å². The van der Waals surface area contributed by atoms with Gasteiger partial charge in [0.25, 0.3) is 0 Å². The van der Waals surface area contributed by atoms with Gasteiger partial charge in [0.1, 0.15) is 5.60 Å². The number of carbonyl (C=O) groups excluding carboxylic acids is 1. The maximum absolute atomic E-state index is 11.8. The van der Waals surface area contributed by atoms with Gasteiger partial charge in [-0.25, -0.2) is 9.78 Å². The Bertz CT molecular complexity index is 363. The van der Waals surface area contributed by atoms with Crippen LogP contribution in [0.5, 0.6) is 0 Å². The SMILES string of the molecule is CC(C)Cc1scnc1C(=O)OC(C)(C)C. The van der Waals surface area contributed by atoms with Gasteiger partial charge in [0.2, 0.25) is 0 Å². The number of hydrogen-bond donors (Lipinski definition) is 0. The lowest BCUT2D eigenvalue weighted by atomic mass is 10.1. The summed E-state index contributed by atoms with van der Waals surface area (Å²) in [6.07, 6.45) is 0.874. The van der Waals surface area contributed by atoms with Crippen molar-refractivity contribution in [1.82, 2.24) is 4.98 Å². The van der Waals surface area contributed by atoms with Gasteiger partial charge in [-0.15, -0.1) is 11.3 Å². The van der Waals surface area contributed by atoms with Crippen molar-refractivity contribution in [3.8, 4) is 0 Å². The Morgan fingerprint density at radius 1 is 1.50 bits per heavy atom. The highest BCUT2D eigenvalue weighted by molar-refractivity contribution is 7.09. The number of ether oxygens (including phenoxy) is 1. The monoisotopic (exact) mass is 241 g/mol. The molecule has 0 aliphatic carbocycles. The molecule has 1 aromatic rings. The van der Waals surface area contributed by atoms with Crippen molar-refractivity contribution in [2.45, 2.75) is 46.6 Å². The fourth-order valence-corrected chi connectivity index (χ4v) is 2.24. The highest BCUT2D eigenvalue weighted by Crippen LogP contribution is 2.20. The summed E-state index contributed by atoms with van der Waals surface area (Å²) in [7, 11) is 0. The van der Waals surface area contributed by atoms with Crippen LogP contribution in [0.4, 0.5) is 0 Å². The van der Waals surface area contributed by atoms with E-state index in [9.17, 15) is 4.79 Å². The Labute approximate surface area is 101 Å². The van der Waals surface area contributed by atoms with Crippen LogP contribution in [0.15, 0.2) is 5.51 Å². The van der Waals surface area contributed by atoms with Crippen LogP contribution in [0.1, 0.15) is 50.0 Å². The van der Waals surface area contributed by atoms with Gasteiger partial charge in [0.05, 0.1) is 5.51 Å². The second-order valence-electron chi connectivity index (χ2n) is 5.22. The van der Waals surface area contributed by atoms with Crippen molar-refractivity contribution in [1.29, 1.82) is 0 Å². The summed E-state index contributed by atoms with van der Waals surface area (Å²) in [5.74, 6) is 0.200. The Kier molecular flexibility index (Phi) is 4.08. The average Bonchev–Trinajstić information content (AvgIpc) is 2.47. The van der Waals surface area contributed by atoms with Gasteiger partial charge in [0, 0.05) is 4.88 Å². The van der Waals surface area contributed by atoms with E-state index in [0.29, 0.717) is 11.6 Å². The van der Waals surface area contributed by atoms with Gasteiger partial charge in [-0.1, -0.05) is 13.8 Å². The maximum atomic E-state index is 11.8. The summed E-state index contributed by atoms with van der Waals surface area (Å²) < 4.78 is 5.31. The van der Waals surface area contributed by atoms with E-state index in [2.05, 4.69) is 18.8 Å². The van der Waals surface area contributed by atoms with Gasteiger partial charge in [-0.2, -0.15) is 0 Å². The van der Waals surface area contributed by atoms with Gasteiger partial charge in [-0.05, 0) is 33.1 Å². The fourth-order valence-electron chi connectivity index (χ4n) is 1.28. The number of esters is 1. The highest BCUT2D eigenvalue weighted by Gasteiger charge is 2.22. The van der Waals surface area contributed by atoms with E-state index in [1.54, 1.807) is 5.51 Å². The highest BCUT2D eigenvalue weighted by atomic mass is 32.1. The standard InChI is InChI=1S/C12H19NO2S/c1-8(2)6-9-10(13-7-16-9)11(14)15-12(3,4)5/h7-8H,6H2,1-5H3. The summed E-state index contributed by atoms with van der Waals surface area (Å²) in [6.45, 7) is 9.83. The molecule has 1 rings (SSSR count). The smallest absolute Gasteiger partial charge is 0.358 e. The van der Waals surface area contributed by atoms with Gasteiger partial charge in [-0.3, -0.25) is 0 Å². The lowest BCUT2D eigenvalue weighted by Gasteiger charge is -2.19. The van der Waals surface area contributed by atoms with Crippen molar-refractivity contribution in [3.63, 3.8) is 0 Å². The molecular formula is C12H19NO2S. The van der Waals surface area contributed by atoms with E-state index in [1.807, 2.05) is 20.8 Å². The summed E-state index contributed by atoms with van der Waals surface area (Å²) in [6, 6.07) is 0. The first-order chi connectivity index (χ1) is 7.29. The molecule has 0 amide bonds. The molecule has 16 heavy (non-hydrogen) atoms. The Balaban J connectivity index is 2.80. The molecule has 90 valence electrons. The summed E-state index contributed by atoms with van der Waals surface area (Å²) in [5.41, 5.74) is 1.72. The largest absolute Gasteiger partial charge is 0.455 e. The quantitative estimate of drug-likeness (QED) is 0.762. The molecule has 1 heterocycles. The first-order valence-corrected chi connectivity index (χ1v) is 6.33. The molecule has 1 aromatic heterocycles. The van der Waals surface area contributed by atoms with E-state index in [0.717, 1.165) is 11.3 Å². The van der Waals surface area contributed by atoms with Crippen molar-refractivity contribution in [3.05, 3.63) is 16.1 Å². The summed E-state index contributed by atoms with van der Waals surface area (Å²) in [5, 5.41) is 0. The van der Waals surface area contributed by atoms with E-state index in [-0.39, 0.29) is 5.97 Å². The van der Waals surface area contributed by atoms with Gasteiger partial charge in [0.15, 0.2) is 5.69 Å². The molecule has 0 fully saturated rings. The number of carbonyl (C=O) groups is 1. The van der Waals surface area contributed by atoms with E-state index in [4.69, 9.17) is 4.74 Å². The first-order valence-electron chi connectivity index (χ1n) is 5.45. The maximum Gasteiger partial charge on any atom is 0.358 e. The van der Waals surface area contributed by atoms with Crippen molar-refractivity contribution < 1.29 is 9.53 Å². The molecule has 0 N–H and O–H groups in total. The Morgan fingerprint density at radius 3 is 2.62 bits per heavy atom. The van der Waals surface area contributed by atoms with Gasteiger partial charge < -0.3 is 4.74 Å². The van der Waals surface area contributed by atoms with Crippen molar-refractivity contribution in [2.75, 3.05) is 0 Å². The predicted molar refractivity (Wildman–Crippen MR) is 65.8 cm³/mol. The number of nitrogens with zero attached hydrogens (tertiary/aromatic N) is 1. The minimum absolute atomic E-state index is 0.315. The third kappa shape index (κ3) is 3.93. The lowest BCUT2D eigenvalue weighted by Crippen LogP contribution is -2.24. The molecule has 4 heteroatoms. The van der Waals surface area contributed by atoms with Crippen molar-refractivity contribution >= 4 is 17.3 Å². The van der Waals surface area contributed by atoms with E-state index < -0.39 is 5.60 Å². The summed E-state index contributed by atoms with van der Waals surface area (Å²) in [4.78, 5) is 17.0. The minimum Gasteiger partial charge on any atom is -0.455 e. The molecule has 0 radical (unpaired) electrons. The van der Waals surface area contributed by atoms with E-state index in [1.165, 1.54) is 11.3 Å². The second kappa shape index (κ2) is 4.95. The molecule has 0 aliphatic rings. The molecule has 0 aromatic carbocycles. The normalized spacial score (nSPS) is 11.9. The number of rotatable bonds is 3. The third-order valence-corrected chi connectivity index (χ3v) is 2.68. The molecule has 0 unspecified atom stereocenters. The topological polar surface area (TPSA) is 39.2 Å². The Hall–Kier alpha value is -0.900. The molecule has 0 saturated carbocycles. The summed E-state index contributed by atoms with van der Waals surface area (Å²) >= 11 is 1.52. The number of aromatic nitrogens is 1. The molecule has 0 spiro atoms. The number of thiazole rings is 1. The van der Waals surface area contributed by atoms with Crippen LogP contribution >= 0.6 is 11.3 Å². The fraction of sp³-hybridized carbons (Fsp3) is 0.667. The van der Waals surface area contributed by atoms with Crippen LogP contribution in [0.3, 0.4) is 0 Å². The molecule has 0 saturated heterocycles. The zero-order chi connectivity index (χ0) is 12.3. The second-order valence-corrected chi connectivity index (χ2v) is 6.16. The molecule has 0 bridgehead atoms. The first kappa shape index (κ1) is 13.2. The zero-order valence-corrected chi connectivity index (χ0v) is 11.4. The van der Waals surface area contributed by atoms with E-state index >= 15 is 0 Å². The average molecular weight is 241 g/mol. The van der Waals surface area contributed by atoms with Crippen LogP contribution in [0, 0.1) is 5.92 Å². The predicted octanol–water partition coefficient (Wildman–Crippen LogP) is 3.30. The van der Waals surface area contributed by atoms with Crippen LogP contribution in [-0.2, 0) is 11.2 Å². The molecule has 0 aliphatic heterocycles. The van der Waals surface area contributed by atoms with Crippen LogP contribution in [0.2, 0.25) is 0 Å². The van der Waals surface area contributed by atoms with Crippen LogP contribution in [-0.4, -0.2) is 16.6 Å². The minimum atomic E-state index is -0.462. The molecule has 3 nitrogen and oxygen atoms in total.